The van der Waals surface area contributed by atoms with Gasteiger partial charge in [0.1, 0.15) is 5.75 Å². The molecule has 6 nitrogen and oxygen atoms in total. The van der Waals surface area contributed by atoms with Gasteiger partial charge >= 0.3 is 6.36 Å². The summed E-state index contributed by atoms with van der Waals surface area (Å²) in [5.41, 5.74) is 0.376. The number of nitrogens with one attached hydrogen (secondary N) is 2. The van der Waals surface area contributed by atoms with Gasteiger partial charge in [0.25, 0.3) is 0 Å². The number of para-hydroxylation sites is 1. The summed E-state index contributed by atoms with van der Waals surface area (Å²) in [5.74, 6) is 0.346. The third-order valence-electron chi connectivity index (χ3n) is 4.44. The van der Waals surface area contributed by atoms with E-state index in [1.165, 1.54) is 12.1 Å². The highest BCUT2D eigenvalue weighted by molar-refractivity contribution is 14.0. The molecule has 1 fully saturated rings. The highest BCUT2D eigenvalue weighted by Crippen LogP contribution is 2.26. The van der Waals surface area contributed by atoms with E-state index in [1.54, 1.807) is 12.1 Å². The van der Waals surface area contributed by atoms with E-state index in [0.717, 1.165) is 19.6 Å². The minimum Gasteiger partial charge on any atom is -0.405 e. The minimum absolute atomic E-state index is 0. The minimum atomic E-state index is -4.72. The number of hydrogen-bond acceptors (Lipinski definition) is 4. The molecule has 1 unspecified atom stereocenters. The Kier molecular flexibility index (Phi) is 10.3. The van der Waals surface area contributed by atoms with Crippen molar-refractivity contribution in [2.45, 2.75) is 25.9 Å². The molecule has 1 aromatic rings. The smallest absolute Gasteiger partial charge is 0.405 e. The predicted octanol–water partition coefficient (Wildman–Crippen LogP) is 2.50. The Hall–Kier alpha value is -1.27. The maximum absolute atomic E-state index is 12.5. The molecule has 160 valence electrons. The lowest BCUT2D eigenvalue weighted by molar-refractivity contribution is -0.274. The van der Waals surface area contributed by atoms with Crippen molar-refractivity contribution in [2.24, 2.45) is 4.99 Å². The van der Waals surface area contributed by atoms with Crippen LogP contribution in [-0.2, 0) is 6.54 Å². The number of piperazine rings is 1. The standard InChI is InChI=1S/C18H28F3N5O.HI/c1-4-22-17(24-12-15-13-25(2)9-10-26(15)3)23-11-14-7-5-6-8-16(14)27-18(19,20)21;/h5-8,15H,4,9-13H2,1-3H3,(H2,22,23,24);1H. The fourth-order valence-corrected chi connectivity index (χ4v) is 2.90. The summed E-state index contributed by atoms with van der Waals surface area (Å²) in [6, 6.07) is 6.39. The molecule has 1 atom stereocenters. The van der Waals surface area contributed by atoms with E-state index in [4.69, 9.17) is 0 Å². The summed E-state index contributed by atoms with van der Waals surface area (Å²) >= 11 is 0. The van der Waals surface area contributed by atoms with Crippen LogP contribution in [0.25, 0.3) is 0 Å². The number of nitrogens with zero attached hydrogens (tertiary/aromatic N) is 3. The molecule has 0 aromatic heterocycles. The molecule has 1 aliphatic heterocycles. The lowest BCUT2D eigenvalue weighted by Crippen LogP contribution is -2.55. The van der Waals surface area contributed by atoms with E-state index < -0.39 is 6.36 Å². The lowest BCUT2D eigenvalue weighted by atomic mass is 10.2. The van der Waals surface area contributed by atoms with Gasteiger partial charge in [0.2, 0.25) is 0 Å². The van der Waals surface area contributed by atoms with Gasteiger partial charge in [-0.3, -0.25) is 4.90 Å². The summed E-state index contributed by atoms with van der Waals surface area (Å²) in [6.07, 6.45) is -4.72. The Morgan fingerprint density at radius 1 is 1.21 bits per heavy atom. The third-order valence-corrected chi connectivity index (χ3v) is 4.44. The quantitative estimate of drug-likeness (QED) is 0.347. The van der Waals surface area contributed by atoms with Crippen molar-refractivity contribution in [3.63, 3.8) is 0 Å². The fraction of sp³-hybridized carbons (Fsp3) is 0.611. The number of rotatable bonds is 6. The summed E-state index contributed by atoms with van der Waals surface area (Å²) in [4.78, 5) is 8.99. The SMILES string of the molecule is CCNC(=NCc1ccccc1OC(F)(F)F)NCC1CN(C)CCN1C.I. The first-order chi connectivity index (χ1) is 12.8. The zero-order valence-corrected chi connectivity index (χ0v) is 18.8. The summed E-state index contributed by atoms with van der Waals surface area (Å²) in [7, 11) is 4.19. The Morgan fingerprint density at radius 2 is 1.93 bits per heavy atom. The van der Waals surface area contributed by atoms with Crippen molar-refractivity contribution < 1.29 is 17.9 Å². The second-order valence-corrected chi connectivity index (χ2v) is 6.63. The van der Waals surface area contributed by atoms with E-state index in [2.05, 4.69) is 44.3 Å². The van der Waals surface area contributed by atoms with Crippen molar-refractivity contribution in [3.8, 4) is 5.75 Å². The van der Waals surface area contributed by atoms with Gasteiger partial charge in [-0.25, -0.2) is 4.99 Å². The van der Waals surface area contributed by atoms with E-state index in [0.29, 0.717) is 30.7 Å². The van der Waals surface area contributed by atoms with Gasteiger partial charge in [-0.2, -0.15) is 0 Å². The molecule has 1 aliphatic rings. The molecule has 0 saturated carbocycles. The molecule has 0 amide bonds. The topological polar surface area (TPSA) is 52.1 Å². The first-order valence-electron chi connectivity index (χ1n) is 9.03. The van der Waals surface area contributed by atoms with Gasteiger partial charge < -0.3 is 20.3 Å². The van der Waals surface area contributed by atoms with E-state index in [1.807, 2.05) is 6.92 Å². The highest BCUT2D eigenvalue weighted by Gasteiger charge is 2.32. The Bertz CT molecular complexity index is 629. The van der Waals surface area contributed by atoms with Crippen LogP contribution in [0.4, 0.5) is 13.2 Å². The highest BCUT2D eigenvalue weighted by atomic mass is 127. The second-order valence-electron chi connectivity index (χ2n) is 6.63. The molecule has 1 aromatic carbocycles. The van der Waals surface area contributed by atoms with Crippen LogP contribution in [0.3, 0.4) is 0 Å². The van der Waals surface area contributed by atoms with Crippen molar-refractivity contribution in [2.75, 3.05) is 46.8 Å². The molecular weight excluding hydrogens is 486 g/mol. The number of aliphatic imine (C=N–C) groups is 1. The van der Waals surface area contributed by atoms with Crippen LogP contribution in [-0.4, -0.2) is 75.0 Å². The number of guanidine groups is 1. The monoisotopic (exact) mass is 515 g/mol. The maximum Gasteiger partial charge on any atom is 0.573 e. The molecule has 10 heteroatoms. The van der Waals surface area contributed by atoms with Gasteiger partial charge in [0.05, 0.1) is 6.54 Å². The molecule has 0 aliphatic carbocycles. The van der Waals surface area contributed by atoms with Gasteiger partial charge in [0, 0.05) is 44.3 Å². The molecule has 28 heavy (non-hydrogen) atoms. The zero-order chi connectivity index (χ0) is 19.9. The average Bonchev–Trinajstić information content (AvgIpc) is 2.60. The predicted molar refractivity (Wildman–Crippen MR) is 115 cm³/mol. The molecule has 0 bridgehead atoms. The largest absolute Gasteiger partial charge is 0.573 e. The number of halogens is 4. The van der Waals surface area contributed by atoms with Crippen molar-refractivity contribution in [1.82, 2.24) is 20.4 Å². The van der Waals surface area contributed by atoms with E-state index in [-0.39, 0.29) is 36.3 Å². The first kappa shape index (κ1) is 24.8. The normalized spacial score (nSPS) is 19.1. The van der Waals surface area contributed by atoms with Crippen LogP contribution in [0.1, 0.15) is 12.5 Å². The number of alkyl halides is 3. The van der Waals surface area contributed by atoms with Crippen LogP contribution >= 0.6 is 24.0 Å². The third kappa shape index (κ3) is 8.39. The Morgan fingerprint density at radius 3 is 2.61 bits per heavy atom. The van der Waals surface area contributed by atoms with Crippen molar-refractivity contribution in [3.05, 3.63) is 29.8 Å². The van der Waals surface area contributed by atoms with Crippen molar-refractivity contribution in [1.29, 1.82) is 0 Å². The number of ether oxygens (including phenoxy) is 1. The number of benzene rings is 1. The van der Waals surface area contributed by atoms with Crippen LogP contribution in [0.2, 0.25) is 0 Å². The first-order valence-corrected chi connectivity index (χ1v) is 9.03. The average molecular weight is 515 g/mol. The second kappa shape index (κ2) is 11.7. The summed E-state index contributed by atoms with van der Waals surface area (Å²) in [5, 5.41) is 6.42. The van der Waals surface area contributed by atoms with Crippen LogP contribution in [0, 0.1) is 0 Å². The molecule has 0 radical (unpaired) electrons. The molecule has 1 heterocycles. The number of likely N-dealkylation sites (N-methyl/N-ethyl adjacent to an activating group) is 2. The van der Waals surface area contributed by atoms with E-state index >= 15 is 0 Å². The van der Waals surface area contributed by atoms with Gasteiger partial charge in [0.15, 0.2) is 5.96 Å². The van der Waals surface area contributed by atoms with Crippen LogP contribution in [0.5, 0.6) is 5.75 Å². The summed E-state index contributed by atoms with van der Waals surface area (Å²) in [6.45, 7) is 6.38. The fourth-order valence-electron chi connectivity index (χ4n) is 2.90. The van der Waals surface area contributed by atoms with Gasteiger partial charge in [-0.15, -0.1) is 37.1 Å². The van der Waals surface area contributed by atoms with Gasteiger partial charge in [-0.05, 0) is 27.1 Å². The lowest BCUT2D eigenvalue weighted by Gasteiger charge is -2.37. The van der Waals surface area contributed by atoms with Gasteiger partial charge in [-0.1, -0.05) is 18.2 Å². The Labute approximate surface area is 181 Å². The van der Waals surface area contributed by atoms with Crippen molar-refractivity contribution >= 4 is 29.9 Å². The number of hydrogen-bond donors (Lipinski definition) is 2. The molecule has 0 spiro atoms. The Balaban J connectivity index is 0.00000392. The van der Waals surface area contributed by atoms with Crippen LogP contribution < -0.4 is 15.4 Å². The van der Waals surface area contributed by atoms with Crippen LogP contribution in [0.15, 0.2) is 29.3 Å². The van der Waals surface area contributed by atoms with E-state index in [9.17, 15) is 13.2 Å². The zero-order valence-electron chi connectivity index (χ0n) is 16.4. The molecular formula is C18H29F3IN5O. The maximum atomic E-state index is 12.5. The molecule has 2 N–H and O–H groups in total. The molecule has 2 rings (SSSR count). The summed E-state index contributed by atoms with van der Waals surface area (Å²) < 4.78 is 41.7. The molecule has 1 saturated heterocycles.